The van der Waals surface area contributed by atoms with Gasteiger partial charge >= 0.3 is 5.97 Å². The molecule has 1 heterocycles. The molecule has 0 fully saturated rings. The zero-order valence-corrected chi connectivity index (χ0v) is 7.59. The predicted molar refractivity (Wildman–Crippen MR) is 46.5 cm³/mol. The molecule has 0 radical (unpaired) electrons. The van der Waals surface area contributed by atoms with Gasteiger partial charge in [-0.15, -0.1) is 0 Å². The number of nitrogens with zero attached hydrogens (tertiary/aromatic N) is 1. The molecule has 0 aliphatic heterocycles. The number of aryl methyl sites for hydroxylation is 2. The first-order valence-corrected chi connectivity index (χ1v) is 3.97. The number of hydrogen-bond donors (Lipinski definition) is 1. The molecule has 0 unspecified atom stereocenters. The van der Waals surface area contributed by atoms with E-state index in [1.165, 1.54) is 0 Å². The fourth-order valence-corrected chi connectivity index (χ4v) is 1.48. The first-order chi connectivity index (χ1) is 5.57. The second-order valence-corrected chi connectivity index (χ2v) is 2.86. The van der Waals surface area contributed by atoms with E-state index in [4.69, 9.17) is 5.11 Å². The zero-order chi connectivity index (χ0) is 9.30. The Morgan fingerprint density at radius 2 is 2.17 bits per heavy atom. The average Bonchev–Trinajstić information content (AvgIpc) is 2.25. The summed E-state index contributed by atoms with van der Waals surface area (Å²) < 4.78 is 1.94. The summed E-state index contributed by atoms with van der Waals surface area (Å²) in [5.41, 5.74) is 2.11. The Kier molecular flexibility index (Phi) is 2.22. The fourth-order valence-electron chi connectivity index (χ4n) is 1.48. The summed E-state index contributed by atoms with van der Waals surface area (Å²) in [6.07, 6.45) is 1.87. The van der Waals surface area contributed by atoms with Crippen LogP contribution in [0.5, 0.6) is 0 Å². The second kappa shape index (κ2) is 3.01. The fraction of sp³-hybridized carbons (Fsp3) is 0.444. The molecular formula is C9H13NO2. The predicted octanol–water partition coefficient (Wildman–Crippen LogP) is 1.82. The molecule has 0 aliphatic rings. The molecule has 0 saturated carbocycles. The monoisotopic (exact) mass is 167 g/mol. The van der Waals surface area contributed by atoms with Crippen LogP contribution >= 0.6 is 0 Å². The summed E-state index contributed by atoms with van der Waals surface area (Å²) in [5.74, 6) is -0.836. The summed E-state index contributed by atoms with van der Waals surface area (Å²) in [6.45, 7) is 6.47. The molecule has 66 valence electrons. The largest absolute Gasteiger partial charge is 0.478 e. The Morgan fingerprint density at radius 1 is 1.58 bits per heavy atom. The molecule has 0 aliphatic carbocycles. The maximum atomic E-state index is 10.8. The normalized spacial score (nSPS) is 10.2. The van der Waals surface area contributed by atoms with Gasteiger partial charge in [0.05, 0.1) is 5.56 Å². The minimum Gasteiger partial charge on any atom is -0.478 e. The quantitative estimate of drug-likeness (QED) is 0.730. The first kappa shape index (κ1) is 8.84. The third-order valence-corrected chi connectivity index (χ3v) is 2.09. The van der Waals surface area contributed by atoms with Crippen molar-refractivity contribution >= 4 is 5.97 Å². The molecule has 1 N–H and O–H groups in total. The SMILES string of the molecule is CCn1cc(C)c(C(=O)O)c1C. The first-order valence-electron chi connectivity index (χ1n) is 3.97. The maximum absolute atomic E-state index is 10.8. The van der Waals surface area contributed by atoms with Gasteiger partial charge in [-0.05, 0) is 26.3 Å². The number of hydrogen-bond acceptors (Lipinski definition) is 1. The van der Waals surface area contributed by atoms with Crippen molar-refractivity contribution in [1.82, 2.24) is 4.57 Å². The minimum absolute atomic E-state index is 0.442. The number of rotatable bonds is 2. The topological polar surface area (TPSA) is 42.2 Å². The van der Waals surface area contributed by atoms with E-state index < -0.39 is 5.97 Å². The van der Waals surface area contributed by atoms with Crippen LogP contribution in [0.3, 0.4) is 0 Å². The van der Waals surface area contributed by atoms with Gasteiger partial charge in [-0.25, -0.2) is 4.79 Å². The Hall–Kier alpha value is -1.25. The summed E-state index contributed by atoms with van der Waals surface area (Å²) in [7, 11) is 0. The van der Waals surface area contributed by atoms with Crippen LogP contribution in [0.25, 0.3) is 0 Å². The van der Waals surface area contributed by atoms with Crippen LogP contribution < -0.4 is 0 Å². The molecular weight excluding hydrogens is 154 g/mol. The van der Waals surface area contributed by atoms with Crippen molar-refractivity contribution in [2.75, 3.05) is 0 Å². The van der Waals surface area contributed by atoms with E-state index in [-0.39, 0.29) is 0 Å². The van der Waals surface area contributed by atoms with Crippen molar-refractivity contribution in [3.8, 4) is 0 Å². The Balaban J connectivity index is 3.28. The van der Waals surface area contributed by atoms with E-state index in [1.54, 1.807) is 0 Å². The van der Waals surface area contributed by atoms with E-state index in [9.17, 15) is 4.79 Å². The molecule has 0 atom stereocenters. The number of carboxylic acid groups (broad SMARTS) is 1. The molecule has 0 amide bonds. The lowest BCUT2D eigenvalue weighted by molar-refractivity contribution is 0.0695. The highest BCUT2D eigenvalue weighted by molar-refractivity contribution is 5.90. The molecule has 1 aromatic rings. The van der Waals surface area contributed by atoms with Crippen LogP contribution in [0.1, 0.15) is 28.5 Å². The van der Waals surface area contributed by atoms with Crippen LogP contribution in [-0.4, -0.2) is 15.6 Å². The Labute approximate surface area is 71.6 Å². The highest BCUT2D eigenvalue weighted by Crippen LogP contribution is 2.15. The van der Waals surface area contributed by atoms with Crippen molar-refractivity contribution in [3.05, 3.63) is 23.0 Å². The van der Waals surface area contributed by atoms with E-state index in [1.807, 2.05) is 31.5 Å². The molecule has 0 spiro atoms. The molecule has 0 aromatic carbocycles. The lowest BCUT2D eigenvalue weighted by Gasteiger charge is -2.00. The average molecular weight is 167 g/mol. The van der Waals surface area contributed by atoms with Crippen LogP contribution in [0.15, 0.2) is 6.20 Å². The third-order valence-electron chi connectivity index (χ3n) is 2.09. The van der Waals surface area contributed by atoms with Crippen molar-refractivity contribution in [2.45, 2.75) is 27.3 Å². The molecule has 1 aromatic heterocycles. The smallest absolute Gasteiger partial charge is 0.337 e. The van der Waals surface area contributed by atoms with Crippen molar-refractivity contribution in [3.63, 3.8) is 0 Å². The Morgan fingerprint density at radius 3 is 2.42 bits per heavy atom. The number of carboxylic acids is 1. The number of carbonyl (C=O) groups is 1. The van der Waals surface area contributed by atoms with E-state index in [0.717, 1.165) is 17.8 Å². The highest BCUT2D eigenvalue weighted by atomic mass is 16.4. The molecule has 0 saturated heterocycles. The van der Waals surface area contributed by atoms with Crippen molar-refractivity contribution < 1.29 is 9.90 Å². The van der Waals surface area contributed by atoms with E-state index >= 15 is 0 Å². The van der Waals surface area contributed by atoms with Crippen LogP contribution in [0.4, 0.5) is 0 Å². The summed E-state index contributed by atoms with van der Waals surface area (Å²) in [5, 5.41) is 8.84. The zero-order valence-electron chi connectivity index (χ0n) is 7.59. The third kappa shape index (κ3) is 1.22. The molecule has 3 nitrogen and oxygen atoms in total. The van der Waals surface area contributed by atoms with Gasteiger partial charge in [0.1, 0.15) is 0 Å². The van der Waals surface area contributed by atoms with Gasteiger partial charge in [0.15, 0.2) is 0 Å². The maximum Gasteiger partial charge on any atom is 0.337 e. The van der Waals surface area contributed by atoms with Gasteiger partial charge in [-0.2, -0.15) is 0 Å². The number of aromatic nitrogens is 1. The number of aromatic carboxylic acids is 1. The van der Waals surface area contributed by atoms with Gasteiger partial charge in [0.2, 0.25) is 0 Å². The van der Waals surface area contributed by atoms with E-state index in [0.29, 0.717) is 5.56 Å². The minimum atomic E-state index is -0.836. The standard InChI is InChI=1S/C9H13NO2/c1-4-10-5-6(2)8(7(10)3)9(11)12/h5H,4H2,1-3H3,(H,11,12). The molecule has 0 bridgehead atoms. The van der Waals surface area contributed by atoms with Gasteiger partial charge in [0, 0.05) is 18.4 Å². The van der Waals surface area contributed by atoms with Crippen molar-refractivity contribution in [2.24, 2.45) is 0 Å². The van der Waals surface area contributed by atoms with Gasteiger partial charge in [-0.1, -0.05) is 0 Å². The van der Waals surface area contributed by atoms with Crippen LogP contribution in [-0.2, 0) is 6.54 Å². The molecule has 3 heteroatoms. The van der Waals surface area contributed by atoms with Crippen LogP contribution in [0, 0.1) is 13.8 Å². The second-order valence-electron chi connectivity index (χ2n) is 2.86. The van der Waals surface area contributed by atoms with Gasteiger partial charge < -0.3 is 9.67 Å². The van der Waals surface area contributed by atoms with E-state index in [2.05, 4.69) is 0 Å². The van der Waals surface area contributed by atoms with Crippen LogP contribution in [0.2, 0.25) is 0 Å². The van der Waals surface area contributed by atoms with Gasteiger partial charge in [-0.3, -0.25) is 0 Å². The lowest BCUT2D eigenvalue weighted by atomic mass is 10.2. The molecule has 1 rings (SSSR count). The van der Waals surface area contributed by atoms with Crippen molar-refractivity contribution in [1.29, 1.82) is 0 Å². The summed E-state index contributed by atoms with van der Waals surface area (Å²) >= 11 is 0. The Bertz CT molecular complexity index is 313. The molecule has 12 heavy (non-hydrogen) atoms. The summed E-state index contributed by atoms with van der Waals surface area (Å²) in [6, 6.07) is 0. The van der Waals surface area contributed by atoms with Gasteiger partial charge in [0.25, 0.3) is 0 Å². The highest BCUT2D eigenvalue weighted by Gasteiger charge is 2.14. The summed E-state index contributed by atoms with van der Waals surface area (Å²) in [4.78, 5) is 10.8. The lowest BCUT2D eigenvalue weighted by Crippen LogP contribution is -2.01.